The Morgan fingerprint density at radius 2 is 1.20 bits per heavy atom. The third-order valence-electron chi connectivity index (χ3n) is 4.51. The smallest absolute Gasteiger partial charge is 1.00 e. The SMILES string of the molecule is CCc1cc[c-](C(C)(c2ccccc2)c2ccccc2)c1.[Cl-].[Cl-].[Cl-].[Ti+4]. The van der Waals surface area contributed by atoms with Crippen molar-refractivity contribution in [3.63, 3.8) is 0 Å². The van der Waals surface area contributed by atoms with E-state index in [1.165, 1.54) is 22.3 Å². The number of benzene rings is 2. The molecule has 130 valence electrons. The van der Waals surface area contributed by atoms with E-state index in [2.05, 4.69) is 92.7 Å². The van der Waals surface area contributed by atoms with Crippen LogP contribution in [0.5, 0.6) is 0 Å². The largest absolute Gasteiger partial charge is 4.00 e. The summed E-state index contributed by atoms with van der Waals surface area (Å²) in [5.74, 6) is 0. The van der Waals surface area contributed by atoms with Crippen LogP contribution in [0.1, 0.15) is 36.1 Å². The van der Waals surface area contributed by atoms with Crippen molar-refractivity contribution in [2.45, 2.75) is 25.7 Å². The van der Waals surface area contributed by atoms with Crippen molar-refractivity contribution in [2.24, 2.45) is 0 Å². The van der Waals surface area contributed by atoms with Gasteiger partial charge in [0.2, 0.25) is 0 Å². The Balaban J connectivity index is 0. The van der Waals surface area contributed by atoms with Gasteiger partial charge in [0.25, 0.3) is 0 Å². The third-order valence-corrected chi connectivity index (χ3v) is 4.51. The van der Waals surface area contributed by atoms with E-state index in [1.807, 2.05) is 0 Å². The molecule has 0 aliphatic heterocycles. The minimum Gasteiger partial charge on any atom is -1.00 e. The average molecular weight is 428 g/mol. The molecule has 0 spiro atoms. The van der Waals surface area contributed by atoms with Gasteiger partial charge in [0.15, 0.2) is 0 Å². The molecule has 0 bridgehead atoms. The summed E-state index contributed by atoms with van der Waals surface area (Å²) in [4.78, 5) is 0. The van der Waals surface area contributed by atoms with Crippen LogP contribution < -0.4 is 37.2 Å². The van der Waals surface area contributed by atoms with Crippen LogP contribution in [-0.4, -0.2) is 0 Å². The first-order valence-electron chi connectivity index (χ1n) is 7.62. The zero-order chi connectivity index (χ0) is 14.7. The molecule has 3 rings (SSSR count). The maximum Gasteiger partial charge on any atom is 4.00 e. The molecule has 3 aromatic rings. The van der Waals surface area contributed by atoms with E-state index in [0.29, 0.717) is 0 Å². The van der Waals surface area contributed by atoms with Crippen LogP contribution in [0.2, 0.25) is 0 Å². The van der Waals surface area contributed by atoms with Crippen molar-refractivity contribution in [3.8, 4) is 0 Å². The summed E-state index contributed by atoms with van der Waals surface area (Å²) in [6.45, 7) is 4.54. The molecule has 0 heterocycles. The van der Waals surface area contributed by atoms with Crippen molar-refractivity contribution in [3.05, 3.63) is 101 Å². The van der Waals surface area contributed by atoms with Crippen LogP contribution in [-0.2, 0) is 33.6 Å². The van der Waals surface area contributed by atoms with E-state index >= 15 is 0 Å². The Bertz CT molecular complexity index is 669. The Hall–Kier alpha value is -0.626. The van der Waals surface area contributed by atoms with Crippen LogP contribution in [0.3, 0.4) is 0 Å². The quantitative estimate of drug-likeness (QED) is 0.297. The summed E-state index contributed by atoms with van der Waals surface area (Å²) in [6, 6.07) is 28.4. The number of hydrogen-bond acceptors (Lipinski definition) is 0. The summed E-state index contributed by atoms with van der Waals surface area (Å²) < 4.78 is 0. The van der Waals surface area contributed by atoms with Crippen molar-refractivity contribution >= 4 is 0 Å². The van der Waals surface area contributed by atoms with Gasteiger partial charge in [0.1, 0.15) is 0 Å². The zero-order valence-corrected chi connectivity index (χ0v) is 18.2. The Labute approximate surface area is 184 Å². The second-order valence-electron chi connectivity index (χ2n) is 5.72. The van der Waals surface area contributed by atoms with Crippen molar-refractivity contribution < 1.29 is 58.9 Å². The van der Waals surface area contributed by atoms with Gasteiger partial charge in [-0.15, -0.1) is 5.56 Å². The molecule has 0 aromatic heterocycles. The van der Waals surface area contributed by atoms with Gasteiger partial charge in [-0.1, -0.05) is 80.9 Å². The molecule has 0 unspecified atom stereocenters. The number of halogens is 3. The monoisotopic (exact) mass is 426 g/mol. The number of hydrogen-bond donors (Lipinski definition) is 0. The molecule has 0 nitrogen and oxygen atoms in total. The topological polar surface area (TPSA) is 0 Å². The molecule has 0 saturated heterocycles. The first-order valence-corrected chi connectivity index (χ1v) is 7.62. The van der Waals surface area contributed by atoms with E-state index in [0.717, 1.165) is 6.42 Å². The molecular weight excluding hydrogens is 406 g/mol. The maximum absolute atomic E-state index is 2.35. The van der Waals surface area contributed by atoms with Crippen LogP contribution >= 0.6 is 0 Å². The normalized spacial score (nSPS) is 9.68. The molecular formula is C21H21Cl3Ti. The van der Waals surface area contributed by atoms with Gasteiger partial charge in [0, 0.05) is 0 Å². The Morgan fingerprint density at radius 1 is 0.760 bits per heavy atom. The summed E-state index contributed by atoms with van der Waals surface area (Å²) in [7, 11) is 0. The summed E-state index contributed by atoms with van der Waals surface area (Å²) in [5, 5.41) is 0. The molecule has 3 aromatic carbocycles. The molecule has 0 aliphatic rings. The maximum atomic E-state index is 2.35. The molecule has 0 amide bonds. The van der Waals surface area contributed by atoms with Crippen molar-refractivity contribution in [1.29, 1.82) is 0 Å². The number of aryl methyl sites for hydroxylation is 1. The summed E-state index contributed by atoms with van der Waals surface area (Å²) in [5.41, 5.74) is 5.35. The first kappa shape index (κ1) is 26.6. The molecule has 0 fully saturated rings. The van der Waals surface area contributed by atoms with E-state index in [4.69, 9.17) is 0 Å². The predicted octanol–water partition coefficient (Wildman–Crippen LogP) is -3.67. The minimum absolute atomic E-state index is 0. The van der Waals surface area contributed by atoms with Gasteiger partial charge in [-0.2, -0.15) is 17.7 Å². The molecule has 4 heteroatoms. The van der Waals surface area contributed by atoms with Gasteiger partial charge in [-0.3, -0.25) is 0 Å². The summed E-state index contributed by atoms with van der Waals surface area (Å²) >= 11 is 0. The second-order valence-corrected chi connectivity index (χ2v) is 5.72. The Morgan fingerprint density at radius 3 is 1.56 bits per heavy atom. The Kier molecular flexibility index (Phi) is 12.6. The average Bonchev–Trinajstić information content (AvgIpc) is 3.05. The fraction of sp³-hybridized carbons (Fsp3) is 0.190. The molecule has 0 atom stereocenters. The van der Waals surface area contributed by atoms with Gasteiger partial charge in [-0.25, -0.2) is 6.07 Å². The first-order chi connectivity index (χ1) is 10.2. The van der Waals surface area contributed by atoms with E-state index in [1.54, 1.807) is 0 Å². The van der Waals surface area contributed by atoms with Gasteiger partial charge < -0.3 is 37.2 Å². The molecule has 0 radical (unpaired) electrons. The van der Waals surface area contributed by atoms with E-state index in [9.17, 15) is 0 Å². The van der Waals surface area contributed by atoms with Gasteiger partial charge >= 0.3 is 21.7 Å². The number of rotatable bonds is 4. The van der Waals surface area contributed by atoms with Gasteiger partial charge in [0.05, 0.1) is 0 Å². The zero-order valence-electron chi connectivity index (χ0n) is 14.3. The van der Waals surface area contributed by atoms with Crippen LogP contribution in [0, 0.1) is 0 Å². The van der Waals surface area contributed by atoms with Crippen LogP contribution in [0.25, 0.3) is 0 Å². The predicted molar refractivity (Wildman–Crippen MR) is 89.9 cm³/mol. The summed E-state index contributed by atoms with van der Waals surface area (Å²) in [6.07, 6.45) is 1.08. The molecule has 25 heavy (non-hydrogen) atoms. The van der Waals surface area contributed by atoms with Crippen LogP contribution in [0.4, 0.5) is 0 Å². The molecule has 0 aliphatic carbocycles. The minimum atomic E-state index is -0.101. The fourth-order valence-corrected chi connectivity index (χ4v) is 3.07. The standard InChI is InChI=1S/C21H21.3ClH.Ti/c1-3-17-14-15-20(16-17)21(2,18-10-6-4-7-11-18)19-12-8-5-9-13-19;;;;/h4-16H,3H2,1-2H3;3*1H;/q-1;;;;+4/p-3. The molecule has 0 saturated carbocycles. The van der Waals surface area contributed by atoms with Gasteiger partial charge in [-0.05, 0) is 16.5 Å². The third kappa shape index (κ3) is 5.42. The van der Waals surface area contributed by atoms with Crippen LogP contribution in [0.15, 0.2) is 78.9 Å². The van der Waals surface area contributed by atoms with Crippen molar-refractivity contribution in [2.75, 3.05) is 0 Å². The second kappa shape index (κ2) is 11.9. The van der Waals surface area contributed by atoms with Crippen molar-refractivity contribution in [1.82, 2.24) is 0 Å². The van der Waals surface area contributed by atoms with E-state index < -0.39 is 0 Å². The van der Waals surface area contributed by atoms with E-state index in [-0.39, 0.29) is 64.4 Å². The fourth-order valence-electron chi connectivity index (χ4n) is 3.07. The molecule has 0 N–H and O–H groups in total.